The first-order valence-electron chi connectivity index (χ1n) is 6.05. The molecule has 2 aromatic heterocycles. The molecule has 2 aromatic carbocycles. The molecule has 0 aliphatic carbocycles. The molecule has 0 saturated carbocycles. The van der Waals surface area contributed by atoms with Crippen molar-refractivity contribution in [3.05, 3.63) is 48.5 Å². The summed E-state index contributed by atoms with van der Waals surface area (Å²) >= 11 is -0.993. The molecule has 4 aromatic rings. The number of rotatable bonds is 2. The molecule has 2 N–H and O–H groups in total. The van der Waals surface area contributed by atoms with Crippen molar-refractivity contribution < 1.29 is 48.0 Å². The van der Waals surface area contributed by atoms with Crippen molar-refractivity contribution in [2.24, 2.45) is 0 Å². The number of nitrogens with zero attached hydrogens (tertiary/aromatic N) is 2. The van der Waals surface area contributed by atoms with Gasteiger partial charge >= 0.3 is 121 Å². The van der Waals surface area contributed by atoms with Gasteiger partial charge in [-0.15, -0.1) is 0 Å². The molecular weight excluding hydrogens is 386 g/mol. The predicted molar refractivity (Wildman–Crippen MR) is 71.5 cm³/mol. The Labute approximate surface area is 145 Å². The quantitative estimate of drug-likeness (QED) is 0.359. The van der Waals surface area contributed by atoms with Crippen LogP contribution in [0.2, 0.25) is 0 Å². The van der Waals surface area contributed by atoms with E-state index in [1.165, 1.54) is 0 Å². The second-order valence-electron chi connectivity index (χ2n) is 4.33. The van der Waals surface area contributed by atoms with Crippen LogP contribution in [0.4, 0.5) is 0 Å². The summed E-state index contributed by atoms with van der Waals surface area (Å²) in [6.45, 7) is 0. The van der Waals surface area contributed by atoms with Gasteiger partial charge in [-0.2, -0.15) is 0 Å². The molecule has 0 unspecified atom stereocenters. The number of nitrogens with one attached hydrogen (secondary N) is 2. The zero-order valence-corrected chi connectivity index (χ0v) is 14.7. The third kappa shape index (κ3) is 3.20. The summed E-state index contributed by atoms with van der Waals surface area (Å²) < 4.78 is 2.20. The molecule has 21 heavy (non-hydrogen) atoms. The Hall–Kier alpha value is -1.16. The van der Waals surface area contributed by atoms with Gasteiger partial charge in [0.15, 0.2) is 0 Å². The molecule has 0 saturated heterocycles. The third-order valence-electron chi connectivity index (χ3n) is 3.02. The van der Waals surface area contributed by atoms with E-state index < -0.39 is 23.2 Å². The van der Waals surface area contributed by atoms with E-state index in [1.807, 2.05) is 36.4 Å². The minimum absolute atomic E-state index is 0. The second-order valence-corrected chi connectivity index (χ2v) is 7.27. The summed E-state index contributed by atoms with van der Waals surface area (Å²) in [6, 6.07) is 16.3. The van der Waals surface area contributed by atoms with E-state index in [4.69, 9.17) is 0 Å². The fourth-order valence-electron chi connectivity index (χ4n) is 2.14. The van der Waals surface area contributed by atoms with Crippen LogP contribution >= 0.6 is 0 Å². The summed E-state index contributed by atoms with van der Waals surface area (Å²) in [4.78, 5) is 16.1. The molecule has 0 spiro atoms. The molecule has 0 amide bonds. The predicted octanol–water partition coefficient (Wildman–Crippen LogP) is -4.52. The minimum atomic E-state index is -0.993. The van der Waals surface area contributed by atoms with Gasteiger partial charge in [-0.1, -0.05) is 0 Å². The first-order chi connectivity index (χ1) is 9.38. The molecule has 2 heterocycles. The van der Waals surface area contributed by atoms with Crippen molar-refractivity contribution in [3.63, 3.8) is 0 Å². The van der Waals surface area contributed by atoms with Crippen LogP contribution in [0.15, 0.2) is 48.5 Å². The fraction of sp³-hybridized carbons (Fsp3) is 0. The SMILES string of the molecule is [Cl-].[Cl-].c1ccc2[nH][c]([Zr+2][c]3nc4ccccc4[nH]3)nc2c1. The van der Waals surface area contributed by atoms with Gasteiger partial charge in [0, 0.05) is 0 Å². The molecule has 104 valence electrons. The Kier molecular flexibility index (Phi) is 5.20. The third-order valence-corrected chi connectivity index (χ3v) is 5.34. The molecule has 0 fully saturated rings. The van der Waals surface area contributed by atoms with Gasteiger partial charge < -0.3 is 24.8 Å². The van der Waals surface area contributed by atoms with E-state index in [0.29, 0.717) is 0 Å². The number of H-pyrrole nitrogens is 2. The number of para-hydroxylation sites is 4. The topological polar surface area (TPSA) is 57.4 Å². The number of halogens is 2. The van der Waals surface area contributed by atoms with Gasteiger partial charge in [-0.05, 0) is 0 Å². The Morgan fingerprint density at radius 3 is 1.52 bits per heavy atom. The Morgan fingerprint density at radius 1 is 0.667 bits per heavy atom. The molecule has 0 aliphatic heterocycles. The van der Waals surface area contributed by atoms with Crippen LogP contribution in [-0.4, -0.2) is 19.9 Å². The number of imidazole rings is 2. The van der Waals surface area contributed by atoms with Crippen LogP contribution in [0, 0.1) is 0 Å². The monoisotopic (exact) mass is 394 g/mol. The van der Waals surface area contributed by atoms with Crippen molar-refractivity contribution >= 4 is 29.1 Å². The van der Waals surface area contributed by atoms with E-state index in [-0.39, 0.29) is 24.8 Å². The van der Waals surface area contributed by atoms with Crippen LogP contribution in [0.1, 0.15) is 0 Å². The molecule has 0 aliphatic rings. The van der Waals surface area contributed by atoms with Gasteiger partial charge in [0.25, 0.3) is 0 Å². The first kappa shape index (κ1) is 16.2. The van der Waals surface area contributed by atoms with E-state index in [9.17, 15) is 0 Å². The first-order valence-corrected chi connectivity index (χ1v) is 8.51. The molecule has 4 rings (SSSR count). The number of benzene rings is 2. The maximum atomic E-state index is 4.64. The van der Waals surface area contributed by atoms with Crippen molar-refractivity contribution in [1.82, 2.24) is 19.9 Å². The van der Waals surface area contributed by atoms with E-state index >= 15 is 0 Å². The van der Waals surface area contributed by atoms with Crippen LogP contribution in [0.5, 0.6) is 0 Å². The van der Waals surface area contributed by atoms with Gasteiger partial charge in [-0.3, -0.25) is 0 Å². The molecular formula is C14H10Cl2N4Zr. The number of aromatic nitrogens is 4. The summed E-state index contributed by atoms with van der Waals surface area (Å²) in [6.07, 6.45) is 0. The van der Waals surface area contributed by atoms with Crippen molar-refractivity contribution in [2.45, 2.75) is 0 Å². The number of hydrogen-bond acceptors (Lipinski definition) is 2. The van der Waals surface area contributed by atoms with E-state index in [2.05, 4.69) is 32.1 Å². The number of fused-ring (bicyclic) bond motifs is 2. The van der Waals surface area contributed by atoms with Crippen molar-refractivity contribution in [1.29, 1.82) is 0 Å². The Morgan fingerprint density at radius 2 is 1.10 bits per heavy atom. The zero-order chi connectivity index (χ0) is 12.7. The molecule has 0 radical (unpaired) electrons. The standard InChI is InChI=1S/2C7H5N2.2ClH.Zr/c2*1-2-4-7-6(3-1)8-5-9-7;;;/h2*1-4H,(H,8,9);2*1H;/q;;;;+2/p-2. The van der Waals surface area contributed by atoms with Crippen LogP contribution < -0.4 is 31.9 Å². The summed E-state index contributed by atoms with van der Waals surface area (Å²) in [7, 11) is 0. The average molecular weight is 396 g/mol. The summed E-state index contributed by atoms with van der Waals surface area (Å²) in [5.74, 6) is 0. The van der Waals surface area contributed by atoms with Crippen LogP contribution in [0.25, 0.3) is 22.1 Å². The van der Waals surface area contributed by atoms with Crippen molar-refractivity contribution in [2.75, 3.05) is 0 Å². The van der Waals surface area contributed by atoms with Gasteiger partial charge in [0.05, 0.1) is 0 Å². The average Bonchev–Trinajstić information content (AvgIpc) is 3.00. The molecule has 7 heteroatoms. The Bertz CT molecular complexity index is 733. The van der Waals surface area contributed by atoms with Gasteiger partial charge in [0.1, 0.15) is 0 Å². The molecule has 4 nitrogen and oxygen atoms in total. The van der Waals surface area contributed by atoms with E-state index in [1.54, 1.807) is 0 Å². The molecule has 0 bridgehead atoms. The fourth-order valence-corrected chi connectivity index (χ4v) is 4.52. The number of aromatic amines is 2. The number of hydrogen-bond donors (Lipinski definition) is 2. The molecule has 0 atom stereocenters. The summed E-state index contributed by atoms with van der Waals surface area (Å²) in [5.41, 5.74) is 4.29. The van der Waals surface area contributed by atoms with E-state index in [0.717, 1.165) is 29.1 Å². The zero-order valence-electron chi connectivity index (χ0n) is 10.8. The van der Waals surface area contributed by atoms with Gasteiger partial charge in [-0.25, -0.2) is 0 Å². The normalized spacial score (nSPS) is 9.90. The Balaban J connectivity index is 0.000000807. The summed E-state index contributed by atoms with van der Waals surface area (Å²) in [5, 5.41) is 0. The second kappa shape index (κ2) is 6.74. The maximum absolute atomic E-state index is 4.64. The van der Waals surface area contributed by atoms with Crippen LogP contribution in [-0.2, 0) is 23.2 Å². The van der Waals surface area contributed by atoms with Crippen molar-refractivity contribution in [3.8, 4) is 0 Å². The van der Waals surface area contributed by atoms with Gasteiger partial charge in [0.2, 0.25) is 0 Å². The van der Waals surface area contributed by atoms with Crippen LogP contribution in [0.3, 0.4) is 0 Å².